The van der Waals surface area contributed by atoms with E-state index in [2.05, 4.69) is 29.3 Å². The molecule has 24 heteroatoms. The standard InChI is InChI=1S/C22H25N9O12P2S/c1-37-11-7-2-39-44(33,34)16-14-20(31-6-27-10-17(23)25-5-26-18(10)31)42-22(16,3-38-14)4-40-45(35,36)43-12(11)13(41-7)15-8-9(30-46-15)19(32)29-21(24)28-8/h5-7,11-14,16,20H,2-4H2,1H3,(H,33,34)(H,35,36)(H2,23,25,26)(H3,24,28,29,32)/t7-,11-,12-,13-,14-,16+,20-,22-/m1/s1. The van der Waals surface area contributed by atoms with Gasteiger partial charge in [-0.3, -0.25) is 28.0 Å². The van der Waals surface area contributed by atoms with Gasteiger partial charge in [0.1, 0.15) is 59.1 Å². The number of methoxy groups -OCH3 is 1. The molecule has 4 aromatic heterocycles. The summed E-state index contributed by atoms with van der Waals surface area (Å²) in [6, 6.07) is 0. The summed E-state index contributed by atoms with van der Waals surface area (Å²) in [5.74, 6) is -0.0874. The number of phosphoric acid groups is 1. The van der Waals surface area contributed by atoms with Gasteiger partial charge >= 0.3 is 15.4 Å². The summed E-state index contributed by atoms with van der Waals surface area (Å²) in [4.78, 5) is 54.0. The molecule has 8 rings (SSSR count). The molecule has 4 aliphatic rings. The Bertz CT molecular complexity index is 2030. The summed E-state index contributed by atoms with van der Waals surface area (Å²) in [5.41, 5.74) is 8.49. The van der Waals surface area contributed by atoms with E-state index in [9.17, 15) is 23.7 Å². The van der Waals surface area contributed by atoms with Gasteiger partial charge in [0.05, 0.1) is 31.0 Å². The average molecular weight is 702 g/mol. The maximum atomic E-state index is 14.1. The lowest BCUT2D eigenvalue weighted by atomic mass is 10.0. The fraction of sp³-hybridized carbons (Fsp3) is 0.545. The van der Waals surface area contributed by atoms with Crippen LogP contribution in [0.25, 0.3) is 22.2 Å². The van der Waals surface area contributed by atoms with Gasteiger partial charge in [0.2, 0.25) is 5.95 Å². The molecule has 4 fully saturated rings. The molecule has 4 bridgehead atoms. The Kier molecular flexibility index (Phi) is 6.94. The number of anilines is 2. The molecule has 0 aliphatic carbocycles. The largest absolute Gasteiger partial charge is 0.472 e. The van der Waals surface area contributed by atoms with Crippen molar-refractivity contribution in [2.45, 2.75) is 48.0 Å². The van der Waals surface area contributed by atoms with Crippen molar-refractivity contribution in [3.63, 3.8) is 0 Å². The number of nitrogens with two attached hydrogens (primary N) is 2. The highest BCUT2D eigenvalue weighted by Gasteiger charge is 2.70. The molecule has 4 saturated heterocycles. The first-order valence-corrected chi connectivity index (χ1v) is 17.5. The number of hydrogen-bond acceptors (Lipinski definition) is 18. The molecule has 10 atom stereocenters. The van der Waals surface area contributed by atoms with Crippen LogP contribution in [0.5, 0.6) is 0 Å². The third-order valence-electron chi connectivity index (χ3n) is 8.39. The second kappa shape index (κ2) is 10.5. The van der Waals surface area contributed by atoms with Gasteiger partial charge in [-0.15, -0.1) is 0 Å². The molecule has 0 radical (unpaired) electrons. The van der Waals surface area contributed by atoms with Crippen LogP contribution in [-0.4, -0.2) is 106 Å². The van der Waals surface area contributed by atoms with Gasteiger partial charge in [0.25, 0.3) is 5.56 Å². The third kappa shape index (κ3) is 4.56. The van der Waals surface area contributed by atoms with Crippen LogP contribution >= 0.6 is 27.0 Å². The average Bonchev–Trinajstić information content (AvgIpc) is 3.81. The zero-order chi connectivity index (χ0) is 32.2. The fourth-order valence-electron chi connectivity index (χ4n) is 6.45. The Morgan fingerprint density at radius 2 is 1.96 bits per heavy atom. The zero-order valence-electron chi connectivity index (χ0n) is 23.4. The van der Waals surface area contributed by atoms with E-state index in [0.29, 0.717) is 0 Å². The summed E-state index contributed by atoms with van der Waals surface area (Å²) < 4.78 is 74.0. The van der Waals surface area contributed by atoms with Gasteiger partial charge in [-0.1, -0.05) is 0 Å². The predicted molar refractivity (Wildman–Crippen MR) is 153 cm³/mol. The summed E-state index contributed by atoms with van der Waals surface area (Å²) in [7, 11) is -8.41. The maximum absolute atomic E-state index is 14.1. The molecule has 0 amide bonds. The van der Waals surface area contributed by atoms with Crippen molar-refractivity contribution in [3.05, 3.63) is 27.9 Å². The zero-order valence-corrected chi connectivity index (χ0v) is 26.0. The number of phosphoric ester groups is 1. The van der Waals surface area contributed by atoms with Crippen LogP contribution in [0.2, 0.25) is 0 Å². The van der Waals surface area contributed by atoms with Crippen molar-refractivity contribution >= 4 is 60.9 Å². The molecular weight excluding hydrogens is 676 g/mol. The number of ether oxygens (including phenoxy) is 4. The molecule has 4 aromatic rings. The number of H-pyrrole nitrogens is 1. The van der Waals surface area contributed by atoms with Gasteiger partial charge in [0, 0.05) is 7.11 Å². The van der Waals surface area contributed by atoms with Crippen LogP contribution < -0.4 is 17.0 Å². The maximum Gasteiger partial charge on any atom is 0.472 e. The van der Waals surface area contributed by atoms with Crippen molar-refractivity contribution in [2.24, 2.45) is 0 Å². The van der Waals surface area contributed by atoms with E-state index in [1.807, 2.05) is 0 Å². The van der Waals surface area contributed by atoms with Crippen LogP contribution in [0.1, 0.15) is 17.2 Å². The normalized spacial score (nSPS) is 39.4. The molecule has 4 aliphatic heterocycles. The Morgan fingerprint density at radius 3 is 2.76 bits per heavy atom. The van der Waals surface area contributed by atoms with Gasteiger partial charge in [-0.2, -0.15) is 4.37 Å². The number of aromatic amines is 1. The van der Waals surface area contributed by atoms with Crippen molar-refractivity contribution in [3.8, 4) is 0 Å². The van der Waals surface area contributed by atoms with E-state index >= 15 is 0 Å². The van der Waals surface area contributed by atoms with E-state index in [4.69, 9.17) is 44.0 Å². The summed E-state index contributed by atoms with van der Waals surface area (Å²) in [5, 5.41) is 0. The number of rotatable bonds is 3. The number of fused-ring (bicyclic) bond motifs is 4. The Balaban J connectivity index is 1.17. The van der Waals surface area contributed by atoms with E-state index in [0.717, 1.165) is 11.5 Å². The Morgan fingerprint density at radius 1 is 1.13 bits per heavy atom. The third-order valence-corrected chi connectivity index (χ3v) is 12.2. The first-order chi connectivity index (χ1) is 21.9. The summed E-state index contributed by atoms with van der Waals surface area (Å²) in [6.45, 7) is -1.52. The van der Waals surface area contributed by atoms with Gasteiger partial charge in [0.15, 0.2) is 23.2 Å². The van der Waals surface area contributed by atoms with Crippen molar-refractivity contribution in [1.29, 1.82) is 0 Å². The van der Waals surface area contributed by atoms with Crippen LogP contribution in [0, 0.1) is 0 Å². The summed E-state index contributed by atoms with van der Waals surface area (Å²) >= 11 is 0.833. The topological polar surface area (TPSA) is 293 Å². The van der Waals surface area contributed by atoms with Crippen LogP contribution in [0.4, 0.5) is 11.8 Å². The molecular formula is C22H25N9O12P2S. The van der Waals surface area contributed by atoms with E-state index in [1.165, 1.54) is 24.3 Å². The molecule has 8 heterocycles. The fourth-order valence-corrected chi connectivity index (χ4v) is 10.2. The minimum atomic E-state index is -5.00. The van der Waals surface area contributed by atoms with Gasteiger partial charge in [-0.25, -0.2) is 24.5 Å². The molecule has 0 spiro atoms. The molecule has 246 valence electrons. The number of hydrogen-bond donors (Lipinski definition) is 5. The summed E-state index contributed by atoms with van der Waals surface area (Å²) in [6.07, 6.45) is -4.42. The van der Waals surface area contributed by atoms with Gasteiger partial charge < -0.3 is 44.7 Å². The SMILES string of the molecule is CO[C@H]1[C@H]2OP(=O)(O)OC[C@@]34CO[C@@H]([C@H](n5cnc6c(N)ncnc65)O3)[C@@H]4P(=O)(O)OC[C@H]1O[C@H]2c1snc2c(=O)[nH]c(N)nc12. The number of imidazole rings is 1. The van der Waals surface area contributed by atoms with E-state index in [1.54, 1.807) is 0 Å². The quantitative estimate of drug-likeness (QED) is 0.170. The highest BCUT2D eigenvalue weighted by atomic mass is 32.1. The monoisotopic (exact) mass is 701 g/mol. The van der Waals surface area contributed by atoms with Gasteiger partial charge in [-0.05, 0) is 11.5 Å². The van der Waals surface area contributed by atoms with Crippen LogP contribution in [-0.2, 0) is 41.6 Å². The molecule has 46 heavy (non-hydrogen) atoms. The first-order valence-electron chi connectivity index (χ1n) is 13.6. The van der Waals surface area contributed by atoms with Crippen molar-refractivity contribution in [2.75, 3.05) is 38.4 Å². The van der Waals surface area contributed by atoms with Crippen molar-refractivity contribution in [1.82, 2.24) is 33.9 Å². The Hall–Kier alpha value is -2.98. The lowest BCUT2D eigenvalue weighted by Gasteiger charge is -2.34. The number of nitrogen functional groups attached to an aromatic ring is 2. The number of aromatic nitrogens is 7. The lowest BCUT2D eigenvalue weighted by Crippen LogP contribution is -2.46. The molecule has 7 N–H and O–H groups in total. The lowest BCUT2D eigenvalue weighted by molar-refractivity contribution is -0.181. The number of nitrogens with zero attached hydrogens (tertiary/aromatic N) is 6. The molecule has 2 unspecified atom stereocenters. The van der Waals surface area contributed by atoms with Crippen LogP contribution in [0.3, 0.4) is 0 Å². The second-order valence-corrected chi connectivity index (χ2v) is 15.2. The first kappa shape index (κ1) is 30.4. The minimum absolute atomic E-state index is 0.0408. The van der Waals surface area contributed by atoms with Crippen molar-refractivity contribution < 1.29 is 51.4 Å². The predicted octanol–water partition coefficient (Wildman–Crippen LogP) is -0.408. The highest BCUT2D eigenvalue weighted by Crippen LogP contribution is 2.65. The molecule has 0 saturated carbocycles. The second-order valence-electron chi connectivity index (χ2n) is 11.0. The minimum Gasteiger partial charge on any atom is -0.382 e. The number of nitrogens with one attached hydrogen (secondary N) is 1. The molecule has 21 nitrogen and oxygen atoms in total. The van der Waals surface area contributed by atoms with E-state index < -0.39 is 82.2 Å². The smallest absolute Gasteiger partial charge is 0.382 e. The van der Waals surface area contributed by atoms with Crippen LogP contribution in [0.15, 0.2) is 17.4 Å². The molecule has 0 aromatic carbocycles. The van der Waals surface area contributed by atoms with E-state index in [-0.39, 0.29) is 45.4 Å². The Labute approximate surface area is 260 Å². The highest BCUT2D eigenvalue weighted by molar-refractivity contribution is 7.53.